The molecule has 1 aliphatic heterocycles. The minimum Gasteiger partial charge on any atom is -0.286 e. The van der Waals surface area contributed by atoms with E-state index in [-0.39, 0.29) is 11.8 Å². The van der Waals surface area contributed by atoms with Crippen LogP contribution in [-0.2, 0) is 0 Å². The zero-order valence-corrected chi connectivity index (χ0v) is 25.0. The van der Waals surface area contributed by atoms with E-state index in [1.54, 1.807) is 5.57 Å². The van der Waals surface area contributed by atoms with Gasteiger partial charge in [-0.2, -0.15) is 10.5 Å². The van der Waals surface area contributed by atoms with E-state index < -0.39 is 0 Å². The number of allylic oxidation sites excluding steroid dienone is 1. The summed E-state index contributed by atoms with van der Waals surface area (Å²) in [6, 6.07) is 5.01. The molecule has 3 N–H and O–H groups in total. The molecule has 0 bridgehead atoms. The topological polar surface area (TPSA) is 83.7 Å². The molecular weight excluding hydrogens is 490 g/mol. The van der Waals surface area contributed by atoms with E-state index in [2.05, 4.69) is 34.2 Å². The van der Waals surface area contributed by atoms with Gasteiger partial charge >= 0.3 is 0 Å². The summed E-state index contributed by atoms with van der Waals surface area (Å²) in [5.41, 5.74) is 1.63. The van der Waals surface area contributed by atoms with Crippen molar-refractivity contribution in [1.82, 2.24) is 16.0 Å². The molecule has 220 valence electrons. The lowest BCUT2D eigenvalue weighted by molar-refractivity contribution is 0.0685. The highest BCUT2D eigenvalue weighted by Gasteiger charge is 2.41. The molecular formula is C35H55N5. The third-order valence-electron chi connectivity index (χ3n) is 12.4. The Balaban J connectivity index is 1.01. The third kappa shape index (κ3) is 6.80. The number of nitriles is 2. The second-order valence-electron chi connectivity index (χ2n) is 14.8. The first-order valence-electron chi connectivity index (χ1n) is 17.5. The van der Waals surface area contributed by atoms with Gasteiger partial charge in [0, 0.05) is 11.8 Å². The SMILES string of the molecule is N#CC1CC(C#N)CC(C2CCC(C3CCC(C4NC(C5=CCCCC5)NC(C5CCCCC5)N4)CC3)CC2)C1. The Morgan fingerprint density at radius 2 is 1.05 bits per heavy atom. The zero-order chi connectivity index (χ0) is 27.3. The molecule has 0 aromatic carbocycles. The second-order valence-corrected chi connectivity index (χ2v) is 14.8. The molecule has 0 aromatic rings. The van der Waals surface area contributed by atoms with Gasteiger partial charge in [0.1, 0.15) is 0 Å². The van der Waals surface area contributed by atoms with Gasteiger partial charge in [0.15, 0.2) is 0 Å². The molecule has 0 amide bonds. The second kappa shape index (κ2) is 13.7. The lowest BCUT2D eigenvalue weighted by Crippen LogP contribution is -2.71. The monoisotopic (exact) mass is 545 g/mol. The van der Waals surface area contributed by atoms with Crippen molar-refractivity contribution in [3.05, 3.63) is 11.6 Å². The fraction of sp³-hybridized carbons (Fsp3) is 0.886. The van der Waals surface area contributed by atoms with Crippen LogP contribution in [0.3, 0.4) is 0 Å². The number of rotatable bonds is 5. The van der Waals surface area contributed by atoms with Crippen LogP contribution in [0.4, 0.5) is 0 Å². The van der Waals surface area contributed by atoms with Crippen molar-refractivity contribution in [2.75, 3.05) is 0 Å². The first-order chi connectivity index (χ1) is 19.7. The van der Waals surface area contributed by atoms with Crippen molar-refractivity contribution in [2.45, 2.75) is 147 Å². The van der Waals surface area contributed by atoms with Crippen LogP contribution >= 0.6 is 0 Å². The van der Waals surface area contributed by atoms with E-state index in [1.807, 2.05) is 0 Å². The normalized spacial score (nSPS) is 43.7. The van der Waals surface area contributed by atoms with E-state index in [0.717, 1.165) is 48.9 Å². The van der Waals surface area contributed by atoms with Crippen molar-refractivity contribution in [1.29, 1.82) is 10.5 Å². The van der Waals surface area contributed by atoms with Crippen molar-refractivity contribution in [3.8, 4) is 12.1 Å². The molecule has 4 saturated carbocycles. The maximum atomic E-state index is 9.54. The average Bonchev–Trinajstić information content (AvgIpc) is 3.05. The first kappa shape index (κ1) is 28.7. The zero-order valence-electron chi connectivity index (χ0n) is 25.0. The Kier molecular flexibility index (Phi) is 9.84. The Labute approximate surface area is 244 Å². The number of hydrogen-bond donors (Lipinski definition) is 3. The van der Waals surface area contributed by atoms with Gasteiger partial charge in [0.25, 0.3) is 0 Å². The van der Waals surface area contributed by atoms with Crippen molar-refractivity contribution in [2.24, 2.45) is 47.3 Å². The van der Waals surface area contributed by atoms with Crippen LogP contribution in [0.15, 0.2) is 11.6 Å². The van der Waals surface area contributed by atoms with Crippen LogP contribution in [0, 0.1) is 70.0 Å². The van der Waals surface area contributed by atoms with E-state index in [4.69, 9.17) is 0 Å². The van der Waals surface area contributed by atoms with Crippen LogP contribution in [-0.4, -0.2) is 18.5 Å². The summed E-state index contributed by atoms with van der Waals surface area (Å²) in [5.74, 6) is 4.94. The number of nitrogens with one attached hydrogen (secondary N) is 3. The van der Waals surface area contributed by atoms with Crippen molar-refractivity contribution in [3.63, 3.8) is 0 Å². The number of hydrogen-bond acceptors (Lipinski definition) is 5. The summed E-state index contributed by atoms with van der Waals surface area (Å²) in [7, 11) is 0. The molecule has 0 spiro atoms. The van der Waals surface area contributed by atoms with Gasteiger partial charge in [-0.1, -0.05) is 25.3 Å². The van der Waals surface area contributed by atoms with Gasteiger partial charge in [-0.15, -0.1) is 0 Å². The van der Waals surface area contributed by atoms with Crippen LogP contribution in [0.1, 0.15) is 128 Å². The lowest BCUT2D eigenvalue weighted by atomic mass is 9.63. The molecule has 5 unspecified atom stereocenters. The predicted octanol–water partition coefficient (Wildman–Crippen LogP) is 7.52. The fourth-order valence-corrected chi connectivity index (χ4v) is 10.0. The Bertz CT molecular complexity index is 902. The van der Waals surface area contributed by atoms with Crippen LogP contribution in [0.25, 0.3) is 0 Å². The van der Waals surface area contributed by atoms with E-state index >= 15 is 0 Å². The van der Waals surface area contributed by atoms with Gasteiger partial charge in [0.05, 0.1) is 30.6 Å². The molecule has 5 heteroatoms. The molecule has 5 fully saturated rings. The summed E-state index contributed by atoms with van der Waals surface area (Å²) in [6.07, 6.45) is 29.9. The molecule has 6 rings (SSSR count). The molecule has 5 nitrogen and oxygen atoms in total. The summed E-state index contributed by atoms with van der Waals surface area (Å²) < 4.78 is 0. The summed E-state index contributed by atoms with van der Waals surface area (Å²) >= 11 is 0. The molecule has 5 atom stereocenters. The molecule has 5 aliphatic carbocycles. The van der Waals surface area contributed by atoms with Crippen LogP contribution in [0.2, 0.25) is 0 Å². The Morgan fingerprint density at radius 3 is 1.57 bits per heavy atom. The maximum Gasteiger partial charge on any atom is 0.0818 e. The van der Waals surface area contributed by atoms with Crippen molar-refractivity contribution < 1.29 is 0 Å². The Morgan fingerprint density at radius 1 is 0.525 bits per heavy atom. The van der Waals surface area contributed by atoms with Gasteiger partial charge < -0.3 is 0 Å². The third-order valence-corrected chi connectivity index (χ3v) is 12.4. The quantitative estimate of drug-likeness (QED) is 0.311. The minimum atomic E-state index is 0.111. The summed E-state index contributed by atoms with van der Waals surface area (Å²) in [6.45, 7) is 0. The summed E-state index contributed by atoms with van der Waals surface area (Å²) in [4.78, 5) is 0. The van der Waals surface area contributed by atoms with Crippen molar-refractivity contribution >= 4 is 0 Å². The highest BCUT2D eigenvalue weighted by atomic mass is 15.4. The molecule has 40 heavy (non-hydrogen) atoms. The maximum absolute atomic E-state index is 9.54. The molecule has 1 heterocycles. The predicted molar refractivity (Wildman–Crippen MR) is 160 cm³/mol. The summed E-state index contributed by atoms with van der Waals surface area (Å²) in [5, 5.41) is 31.3. The van der Waals surface area contributed by atoms with E-state index in [0.29, 0.717) is 24.4 Å². The van der Waals surface area contributed by atoms with E-state index in [9.17, 15) is 10.5 Å². The van der Waals surface area contributed by atoms with Gasteiger partial charge in [-0.25, -0.2) is 0 Å². The highest BCUT2D eigenvalue weighted by molar-refractivity contribution is 5.15. The lowest BCUT2D eigenvalue weighted by Gasteiger charge is -2.48. The van der Waals surface area contributed by atoms with Gasteiger partial charge in [-0.3, -0.25) is 16.0 Å². The highest BCUT2D eigenvalue weighted by Crippen LogP contribution is 2.47. The van der Waals surface area contributed by atoms with Crippen LogP contribution < -0.4 is 16.0 Å². The molecule has 0 aromatic heterocycles. The number of nitrogens with zero attached hydrogens (tertiary/aromatic N) is 2. The largest absolute Gasteiger partial charge is 0.286 e. The van der Waals surface area contributed by atoms with E-state index in [1.165, 1.54) is 109 Å². The van der Waals surface area contributed by atoms with Gasteiger partial charge in [0.2, 0.25) is 0 Å². The van der Waals surface area contributed by atoms with Crippen LogP contribution in [0.5, 0.6) is 0 Å². The fourth-order valence-electron chi connectivity index (χ4n) is 10.0. The smallest absolute Gasteiger partial charge is 0.0818 e. The molecule has 6 aliphatic rings. The average molecular weight is 546 g/mol. The minimum absolute atomic E-state index is 0.111. The standard InChI is InChI=1S/C35H55N5/c36-22-24-19-25(23-37)21-32(20-24)28-13-11-26(12-14-28)27-15-17-31(18-16-27)35-39-33(29-7-3-1-4-8-29)38-34(40-35)30-9-5-2-6-10-30/h7,24-28,30-35,38-40H,1-6,8-21H2. The molecule has 1 saturated heterocycles. The Hall–Kier alpha value is -1.40. The van der Waals surface area contributed by atoms with Gasteiger partial charge in [-0.05, 0) is 150 Å². The molecule has 0 radical (unpaired) electrons. The first-order valence-corrected chi connectivity index (χ1v) is 17.5.